The minimum Gasteiger partial charge on any atom is -0.496 e. The summed E-state index contributed by atoms with van der Waals surface area (Å²) < 4.78 is 43.4. The molecule has 9 heteroatoms. The maximum atomic E-state index is 12.9. The molecule has 0 N–H and O–H groups in total. The van der Waals surface area contributed by atoms with Gasteiger partial charge in [0.1, 0.15) is 5.75 Å². The van der Waals surface area contributed by atoms with E-state index >= 15 is 0 Å². The zero-order valence-corrected chi connectivity index (χ0v) is 20.5. The molecule has 2 aromatic rings. The molecule has 1 saturated heterocycles. The van der Waals surface area contributed by atoms with Crippen molar-refractivity contribution in [3.05, 3.63) is 47.5 Å². The van der Waals surface area contributed by atoms with Crippen LogP contribution in [0.4, 0.5) is 0 Å². The van der Waals surface area contributed by atoms with E-state index in [-0.39, 0.29) is 17.2 Å². The van der Waals surface area contributed by atoms with E-state index in [2.05, 4.69) is 0 Å². The number of methoxy groups -OCH3 is 3. The number of sulfonamides is 1. The molecule has 0 radical (unpaired) electrons. The molecule has 0 atom stereocenters. The van der Waals surface area contributed by atoms with Gasteiger partial charge in [-0.15, -0.1) is 0 Å². The highest BCUT2D eigenvalue weighted by atomic mass is 32.2. The highest BCUT2D eigenvalue weighted by Crippen LogP contribution is 2.29. The highest BCUT2D eigenvalue weighted by Gasteiger charge is 2.28. The number of hydrogen-bond acceptors (Lipinski definition) is 6. The average molecular weight is 477 g/mol. The van der Waals surface area contributed by atoms with Gasteiger partial charge in [0.05, 0.1) is 26.2 Å². The minimum absolute atomic E-state index is 0.0559. The molecule has 1 amide bonds. The maximum Gasteiger partial charge on any atom is 0.243 e. The van der Waals surface area contributed by atoms with Crippen molar-refractivity contribution in [2.24, 2.45) is 0 Å². The topological polar surface area (TPSA) is 85.4 Å². The minimum atomic E-state index is -3.53. The smallest absolute Gasteiger partial charge is 0.243 e. The molecular formula is C24H32N2O6S. The van der Waals surface area contributed by atoms with Crippen molar-refractivity contribution in [3.8, 4) is 17.2 Å². The van der Waals surface area contributed by atoms with Gasteiger partial charge in [-0.3, -0.25) is 4.79 Å². The fraction of sp³-hybridized carbons (Fsp3) is 0.458. The molecule has 0 bridgehead atoms. The summed E-state index contributed by atoms with van der Waals surface area (Å²) in [5.74, 6) is 1.76. The quantitative estimate of drug-likeness (QED) is 0.524. The first-order chi connectivity index (χ1) is 15.8. The molecule has 8 nitrogen and oxygen atoms in total. The molecule has 2 aromatic carbocycles. The van der Waals surface area contributed by atoms with Gasteiger partial charge in [0.15, 0.2) is 11.5 Å². The van der Waals surface area contributed by atoms with Crippen LogP contribution in [0.2, 0.25) is 0 Å². The van der Waals surface area contributed by atoms with Gasteiger partial charge in [-0.1, -0.05) is 6.07 Å². The number of ether oxygens (including phenoxy) is 3. The molecular weight excluding hydrogens is 444 g/mol. The van der Waals surface area contributed by atoms with Crippen molar-refractivity contribution in [3.63, 3.8) is 0 Å². The Labute approximate surface area is 196 Å². The summed E-state index contributed by atoms with van der Waals surface area (Å²) >= 11 is 0. The van der Waals surface area contributed by atoms with Crippen molar-refractivity contribution in [2.45, 2.75) is 37.1 Å². The van der Waals surface area contributed by atoms with Crippen molar-refractivity contribution < 1.29 is 27.4 Å². The lowest BCUT2D eigenvalue weighted by Gasteiger charge is -2.19. The van der Waals surface area contributed by atoms with E-state index in [1.807, 2.05) is 18.2 Å². The third-order valence-corrected chi connectivity index (χ3v) is 7.75. The number of benzene rings is 2. The molecule has 0 aliphatic carbocycles. The Kier molecular flexibility index (Phi) is 8.20. The summed E-state index contributed by atoms with van der Waals surface area (Å²) in [6, 6.07) is 10.4. The van der Waals surface area contributed by atoms with Crippen LogP contribution in [0.15, 0.2) is 41.3 Å². The molecule has 0 spiro atoms. The average Bonchev–Trinajstić information content (AvgIpc) is 3.38. The zero-order chi connectivity index (χ0) is 24.0. The van der Waals surface area contributed by atoms with E-state index < -0.39 is 10.0 Å². The molecule has 33 heavy (non-hydrogen) atoms. The second-order valence-electron chi connectivity index (χ2n) is 8.02. The fourth-order valence-corrected chi connectivity index (χ4v) is 5.53. The van der Waals surface area contributed by atoms with E-state index in [9.17, 15) is 13.2 Å². The van der Waals surface area contributed by atoms with Crippen LogP contribution < -0.4 is 14.2 Å². The molecule has 1 aliphatic rings. The number of amides is 1. The van der Waals surface area contributed by atoms with Gasteiger partial charge in [0.2, 0.25) is 15.9 Å². The first kappa shape index (κ1) is 24.9. The summed E-state index contributed by atoms with van der Waals surface area (Å²) in [7, 11) is 2.89. The van der Waals surface area contributed by atoms with Crippen molar-refractivity contribution in [2.75, 3.05) is 41.5 Å². The first-order valence-electron chi connectivity index (χ1n) is 10.9. The third-order valence-electron chi connectivity index (χ3n) is 5.86. The molecule has 0 saturated carbocycles. The summed E-state index contributed by atoms with van der Waals surface area (Å²) in [5, 5.41) is 0. The summed E-state index contributed by atoms with van der Waals surface area (Å²) in [6.45, 7) is 1.51. The Hall–Kier alpha value is -2.78. The lowest BCUT2D eigenvalue weighted by atomic mass is 10.1. The Morgan fingerprint density at radius 3 is 2.21 bits per heavy atom. The van der Waals surface area contributed by atoms with Crippen LogP contribution in [0.1, 0.15) is 30.4 Å². The summed E-state index contributed by atoms with van der Waals surface area (Å²) in [4.78, 5) is 14.7. The number of hydrogen-bond donors (Lipinski definition) is 0. The zero-order valence-electron chi connectivity index (χ0n) is 19.7. The lowest BCUT2D eigenvalue weighted by molar-refractivity contribution is -0.130. The number of carbonyl (C=O) groups excluding carboxylic acids is 1. The van der Waals surface area contributed by atoms with E-state index in [0.29, 0.717) is 48.9 Å². The predicted molar refractivity (Wildman–Crippen MR) is 125 cm³/mol. The van der Waals surface area contributed by atoms with Gasteiger partial charge < -0.3 is 19.1 Å². The first-order valence-corrected chi connectivity index (χ1v) is 12.4. The van der Waals surface area contributed by atoms with Crippen LogP contribution >= 0.6 is 0 Å². The molecule has 1 fully saturated rings. The van der Waals surface area contributed by atoms with Crippen molar-refractivity contribution in [1.29, 1.82) is 0 Å². The van der Waals surface area contributed by atoms with Crippen LogP contribution in [0.3, 0.4) is 0 Å². The van der Waals surface area contributed by atoms with E-state index in [4.69, 9.17) is 14.2 Å². The van der Waals surface area contributed by atoms with Crippen LogP contribution in [0, 0.1) is 0 Å². The Morgan fingerprint density at radius 1 is 0.939 bits per heavy atom. The number of rotatable bonds is 10. The monoisotopic (exact) mass is 476 g/mol. The molecule has 0 unspecified atom stereocenters. The maximum absolute atomic E-state index is 12.9. The largest absolute Gasteiger partial charge is 0.496 e. The molecule has 1 heterocycles. The van der Waals surface area contributed by atoms with E-state index in [1.54, 1.807) is 51.5 Å². The van der Waals surface area contributed by atoms with Crippen LogP contribution in [-0.2, 0) is 27.8 Å². The van der Waals surface area contributed by atoms with Gasteiger partial charge in [-0.25, -0.2) is 8.42 Å². The van der Waals surface area contributed by atoms with Gasteiger partial charge in [0, 0.05) is 33.1 Å². The standard InChI is InChI=1S/C24H32N2O6S/c1-25(17-18-7-10-22(31-3)23(15-18)32-4)24(27)12-8-19-16-20(9-11-21(19)30-2)33(28,29)26-13-5-6-14-26/h7,9-11,15-16H,5-6,8,12-14,17H2,1-4H3. The van der Waals surface area contributed by atoms with Crippen LogP contribution in [0.5, 0.6) is 17.2 Å². The SMILES string of the molecule is COc1ccc(S(=O)(=O)N2CCCC2)cc1CCC(=O)N(C)Cc1ccc(OC)c(OC)c1. The highest BCUT2D eigenvalue weighted by molar-refractivity contribution is 7.89. The van der Waals surface area contributed by atoms with Gasteiger partial charge in [-0.05, 0) is 60.7 Å². The summed E-state index contributed by atoms with van der Waals surface area (Å²) in [5.41, 5.74) is 1.62. The van der Waals surface area contributed by atoms with E-state index in [0.717, 1.165) is 18.4 Å². The van der Waals surface area contributed by atoms with Gasteiger partial charge in [0.25, 0.3) is 0 Å². The number of aryl methyl sites for hydroxylation is 1. The van der Waals surface area contributed by atoms with Gasteiger partial charge in [-0.2, -0.15) is 4.31 Å². The van der Waals surface area contributed by atoms with E-state index in [1.165, 1.54) is 4.31 Å². The normalized spacial score (nSPS) is 14.2. The number of nitrogens with zero attached hydrogens (tertiary/aromatic N) is 2. The van der Waals surface area contributed by atoms with Crippen LogP contribution in [0.25, 0.3) is 0 Å². The lowest BCUT2D eigenvalue weighted by Crippen LogP contribution is -2.28. The number of carbonyl (C=O) groups is 1. The third kappa shape index (κ3) is 5.78. The molecule has 1 aliphatic heterocycles. The van der Waals surface area contributed by atoms with Crippen LogP contribution in [-0.4, -0.2) is 65.0 Å². The Balaban J connectivity index is 1.68. The Morgan fingerprint density at radius 2 is 1.58 bits per heavy atom. The predicted octanol–water partition coefficient (Wildman–Crippen LogP) is 3.09. The Bertz CT molecular complexity index is 1080. The second kappa shape index (κ2) is 10.9. The van der Waals surface area contributed by atoms with Gasteiger partial charge >= 0.3 is 0 Å². The second-order valence-corrected chi connectivity index (χ2v) is 9.96. The van der Waals surface area contributed by atoms with Crippen molar-refractivity contribution >= 4 is 15.9 Å². The van der Waals surface area contributed by atoms with Crippen molar-refractivity contribution in [1.82, 2.24) is 9.21 Å². The molecule has 180 valence electrons. The molecule has 0 aromatic heterocycles. The molecule has 3 rings (SSSR count). The fourth-order valence-electron chi connectivity index (χ4n) is 3.96. The summed E-state index contributed by atoms with van der Waals surface area (Å²) in [6.07, 6.45) is 2.36.